The second-order valence-corrected chi connectivity index (χ2v) is 4.63. The van der Waals surface area contributed by atoms with Gasteiger partial charge in [-0.1, -0.05) is 60.7 Å². The standard InChI is InChI=1S/C17H18O3/c18-17(19)12-11-16(15-9-5-2-6-10-15)20-13-14-7-3-1-4-8-14/h1-10,16H,11-13H2,(H,18,19)/t16-/m1/s1. The van der Waals surface area contributed by atoms with Crippen molar-refractivity contribution in [2.24, 2.45) is 0 Å². The van der Waals surface area contributed by atoms with Crippen molar-refractivity contribution in [1.29, 1.82) is 0 Å². The minimum atomic E-state index is -0.797. The maximum Gasteiger partial charge on any atom is 0.303 e. The van der Waals surface area contributed by atoms with Crippen LogP contribution >= 0.6 is 0 Å². The Kier molecular flexibility index (Phi) is 5.33. The van der Waals surface area contributed by atoms with Gasteiger partial charge < -0.3 is 9.84 Å². The van der Waals surface area contributed by atoms with Crippen LogP contribution in [-0.4, -0.2) is 11.1 Å². The van der Waals surface area contributed by atoms with Crippen molar-refractivity contribution >= 4 is 5.97 Å². The van der Waals surface area contributed by atoms with Crippen LogP contribution in [0.4, 0.5) is 0 Å². The van der Waals surface area contributed by atoms with Crippen molar-refractivity contribution in [2.45, 2.75) is 25.6 Å². The highest BCUT2D eigenvalue weighted by atomic mass is 16.5. The van der Waals surface area contributed by atoms with Gasteiger partial charge in [-0.15, -0.1) is 0 Å². The lowest BCUT2D eigenvalue weighted by Gasteiger charge is -2.17. The molecule has 20 heavy (non-hydrogen) atoms. The van der Waals surface area contributed by atoms with Gasteiger partial charge in [0, 0.05) is 6.42 Å². The Morgan fingerprint density at radius 1 is 1.00 bits per heavy atom. The van der Waals surface area contributed by atoms with Crippen LogP contribution in [0.15, 0.2) is 60.7 Å². The van der Waals surface area contributed by atoms with Crippen LogP contribution in [0.3, 0.4) is 0 Å². The summed E-state index contributed by atoms with van der Waals surface area (Å²) in [6.45, 7) is 0.486. The molecule has 2 rings (SSSR count). The van der Waals surface area contributed by atoms with Gasteiger partial charge in [0.2, 0.25) is 0 Å². The highest BCUT2D eigenvalue weighted by Gasteiger charge is 2.13. The number of hydrogen-bond donors (Lipinski definition) is 1. The van der Waals surface area contributed by atoms with Gasteiger partial charge in [-0.25, -0.2) is 0 Å². The van der Waals surface area contributed by atoms with E-state index >= 15 is 0 Å². The van der Waals surface area contributed by atoms with Crippen LogP contribution in [0.5, 0.6) is 0 Å². The number of carbonyl (C=O) groups is 1. The Morgan fingerprint density at radius 2 is 1.60 bits per heavy atom. The second kappa shape index (κ2) is 7.46. The first-order valence-electron chi connectivity index (χ1n) is 6.68. The van der Waals surface area contributed by atoms with Crippen LogP contribution < -0.4 is 0 Å². The Morgan fingerprint density at radius 3 is 2.20 bits per heavy atom. The molecular weight excluding hydrogens is 252 g/mol. The molecule has 0 fully saturated rings. The molecule has 2 aromatic rings. The van der Waals surface area contributed by atoms with Crippen LogP contribution in [0.25, 0.3) is 0 Å². The molecule has 0 aliphatic carbocycles. The summed E-state index contributed by atoms with van der Waals surface area (Å²) in [5.74, 6) is -0.797. The van der Waals surface area contributed by atoms with Gasteiger partial charge in [-0.05, 0) is 17.5 Å². The predicted molar refractivity (Wildman–Crippen MR) is 77.3 cm³/mol. The van der Waals surface area contributed by atoms with Crippen molar-refractivity contribution in [2.75, 3.05) is 0 Å². The summed E-state index contributed by atoms with van der Waals surface area (Å²) in [5, 5.41) is 8.84. The van der Waals surface area contributed by atoms with Gasteiger partial charge in [0.05, 0.1) is 12.7 Å². The van der Waals surface area contributed by atoms with E-state index in [0.29, 0.717) is 13.0 Å². The number of carboxylic acid groups (broad SMARTS) is 1. The first-order chi connectivity index (χ1) is 9.75. The minimum absolute atomic E-state index is 0.106. The van der Waals surface area contributed by atoms with Crippen molar-refractivity contribution in [3.05, 3.63) is 71.8 Å². The third kappa shape index (κ3) is 4.52. The Labute approximate surface area is 118 Å². The summed E-state index contributed by atoms with van der Waals surface area (Å²) in [6.07, 6.45) is 0.396. The average Bonchev–Trinajstić information content (AvgIpc) is 2.49. The van der Waals surface area contributed by atoms with E-state index in [0.717, 1.165) is 11.1 Å². The van der Waals surface area contributed by atoms with Gasteiger partial charge in [-0.3, -0.25) is 4.79 Å². The molecule has 1 atom stereocenters. The zero-order chi connectivity index (χ0) is 14.2. The Bertz CT molecular complexity index is 522. The molecule has 0 amide bonds. The largest absolute Gasteiger partial charge is 0.481 e. The average molecular weight is 270 g/mol. The van der Waals surface area contributed by atoms with Gasteiger partial charge in [0.15, 0.2) is 0 Å². The molecule has 0 aliphatic heterocycles. The molecule has 2 aromatic carbocycles. The number of rotatable bonds is 7. The van der Waals surface area contributed by atoms with Gasteiger partial charge in [0.25, 0.3) is 0 Å². The van der Waals surface area contributed by atoms with E-state index < -0.39 is 5.97 Å². The highest BCUT2D eigenvalue weighted by molar-refractivity contribution is 5.66. The first-order valence-corrected chi connectivity index (χ1v) is 6.68. The topological polar surface area (TPSA) is 46.5 Å². The first kappa shape index (κ1) is 14.3. The number of aliphatic carboxylic acids is 1. The highest BCUT2D eigenvalue weighted by Crippen LogP contribution is 2.24. The van der Waals surface area contributed by atoms with Gasteiger partial charge in [0.1, 0.15) is 0 Å². The number of benzene rings is 2. The second-order valence-electron chi connectivity index (χ2n) is 4.63. The van der Waals surface area contributed by atoms with E-state index in [9.17, 15) is 4.79 Å². The molecule has 0 saturated carbocycles. The fourth-order valence-corrected chi connectivity index (χ4v) is 2.04. The van der Waals surface area contributed by atoms with Crippen molar-refractivity contribution in [3.8, 4) is 0 Å². The van der Waals surface area contributed by atoms with E-state index in [1.54, 1.807) is 0 Å². The summed E-state index contributed by atoms with van der Waals surface area (Å²) >= 11 is 0. The normalized spacial score (nSPS) is 12.0. The fraction of sp³-hybridized carbons (Fsp3) is 0.235. The smallest absolute Gasteiger partial charge is 0.303 e. The fourth-order valence-electron chi connectivity index (χ4n) is 2.04. The van der Waals surface area contributed by atoms with Crippen molar-refractivity contribution < 1.29 is 14.6 Å². The molecule has 0 bridgehead atoms. The SMILES string of the molecule is O=C(O)CC[C@@H](OCc1ccccc1)c1ccccc1. The summed E-state index contributed by atoms with van der Waals surface area (Å²) in [4.78, 5) is 10.8. The molecule has 3 nitrogen and oxygen atoms in total. The van der Waals surface area contributed by atoms with Crippen LogP contribution in [0, 0.1) is 0 Å². The molecule has 0 radical (unpaired) electrons. The molecule has 104 valence electrons. The predicted octanol–water partition coefficient (Wildman–Crippen LogP) is 3.81. The number of carboxylic acids is 1. The summed E-state index contributed by atoms with van der Waals surface area (Å²) in [6, 6.07) is 19.6. The molecule has 0 aromatic heterocycles. The third-order valence-corrected chi connectivity index (χ3v) is 3.09. The maximum absolute atomic E-state index is 10.8. The molecule has 0 spiro atoms. The molecule has 0 heterocycles. The van der Waals surface area contributed by atoms with E-state index in [2.05, 4.69) is 0 Å². The molecule has 1 N–H and O–H groups in total. The zero-order valence-electron chi connectivity index (χ0n) is 11.2. The zero-order valence-corrected chi connectivity index (χ0v) is 11.2. The van der Waals surface area contributed by atoms with Crippen LogP contribution in [0.1, 0.15) is 30.1 Å². The van der Waals surface area contributed by atoms with E-state index in [1.807, 2.05) is 60.7 Å². The molecular formula is C17H18O3. The Hall–Kier alpha value is -2.13. The molecule has 3 heteroatoms. The van der Waals surface area contributed by atoms with E-state index in [-0.39, 0.29) is 12.5 Å². The monoisotopic (exact) mass is 270 g/mol. The molecule has 0 saturated heterocycles. The van der Waals surface area contributed by atoms with Crippen LogP contribution in [-0.2, 0) is 16.1 Å². The van der Waals surface area contributed by atoms with Gasteiger partial charge in [-0.2, -0.15) is 0 Å². The third-order valence-electron chi connectivity index (χ3n) is 3.09. The minimum Gasteiger partial charge on any atom is -0.481 e. The lowest BCUT2D eigenvalue weighted by molar-refractivity contribution is -0.138. The quantitative estimate of drug-likeness (QED) is 0.832. The lowest BCUT2D eigenvalue weighted by Crippen LogP contribution is -2.07. The summed E-state index contributed by atoms with van der Waals surface area (Å²) < 4.78 is 5.90. The van der Waals surface area contributed by atoms with E-state index in [1.165, 1.54) is 0 Å². The van der Waals surface area contributed by atoms with Crippen LogP contribution in [0.2, 0.25) is 0 Å². The molecule has 0 unspecified atom stereocenters. The Balaban J connectivity index is 2.01. The van der Waals surface area contributed by atoms with E-state index in [4.69, 9.17) is 9.84 Å². The lowest BCUT2D eigenvalue weighted by atomic mass is 10.0. The van der Waals surface area contributed by atoms with Crippen molar-refractivity contribution in [1.82, 2.24) is 0 Å². The van der Waals surface area contributed by atoms with Crippen molar-refractivity contribution in [3.63, 3.8) is 0 Å². The number of ether oxygens (including phenoxy) is 1. The maximum atomic E-state index is 10.8. The summed E-state index contributed by atoms with van der Waals surface area (Å²) in [7, 11) is 0. The molecule has 0 aliphatic rings. The summed E-state index contributed by atoms with van der Waals surface area (Å²) in [5.41, 5.74) is 2.11. The number of hydrogen-bond acceptors (Lipinski definition) is 2. The van der Waals surface area contributed by atoms with Gasteiger partial charge >= 0.3 is 5.97 Å².